The maximum absolute atomic E-state index is 5.12. The average molecular weight is 262 g/mol. The van der Waals surface area contributed by atoms with Gasteiger partial charge in [0.2, 0.25) is 0 Å². The first-order valence-corrected chi connectivity index (χ1v) is 6.22. The number of rotatable bonds is 2. The minimum absolute atomic E-state index is 0.775. The van der Waals surface area contributed by atoms with E-state index in [1.165, 1.54) is 0 Å². The Hall–Kier alpha value is -2.95. The molecule has 0 saturated heterocycles. The van der Waals surface area contributed by atoms with E-state index in [0.29, 0.717) is 0 Å². The highest BCUT2D eigenvalue weighted by atomic mass is 16.5. The second-order valence-corrected chi connectivity index (χ2v) is 4.44. The Balaban J connectivity index is 1.88. The van der Waals surface area contributed by atoms with Crippen molar-refractivity contribution in [1.82, 2.24) is 20.3 Å². The lowest BCUT2D eigenvalue weighted by Gasteiger charge is -2.02. The molecule has 0 aliphatic carbocycles. The fourth-order valence-corrected chi connectivity index (χ4v) is 2.25. The van der Waals surface area contributed by atoms with Gasteiger partial charge in [0.1, 0.15) is 5.69 Å². The predicted octanol–water partition coefficient (Wildman–Crippen LogP) is 3.28. The summed E-state index contributed by atoms with van der Waals surface area (Å²) in [5, 5.41) is 12.0. The standard InChI is InChI=1S/C15H10N4O/c1-2-6-16-13(3-1)15-12(9-17-19-15)10-4-5-14-11(7-10)8-18-20-14/h1-9H,(H,17,19). The second-order valence-electron chi connectivity index (χ2n) is 4.44. The molecule has 0 amide bonds. The van der Waals surface area contributed by atoms with Crippen molar-refractivity contribution in [1.29, 1.82) is 0 Å². The summed E-state index contributed by atoms with van der Waals surface area (Å²) in [5.74, 6) is 0. The van der Waals surface area contributed by atoms with Gasteiger partial charge in [-0.05, 0) is 29.8 Å². The van der Waals surface area contributed by atoms with Crippen molar-refractivity contribution in [2.45, 2.75) is 0 Å². The number of aromatic nitrogens is 4. The summed E-state index contributed by atoms with van der Waals surface area (Å²) in [6, 6.07) is 11.7. The molecule has 0 aliphatic heterocycles. The fraction of sp³-hybridized carbons (Fsp3) is 0. The fourth-order valence-electron chi connectivity index (χ4n) is 2.25. The molecule has 0 saturated carbocycles. The molecule has 0 atom stereocenters. The molecule has 5 heteroatoms. The number of aromatic amines is 1. The van der Waals surface area contributed by atoms with Gasteiger partial charge in [-0.3, -0.25) is 10.1 Å². The predicted molar refractivity (Wildman–Crippen MR) is 74.8 cm³/mol. The van der Waals surface area contributed by atoms with Gasteiger partial charge in [0, 0.05) is 23.3 Å². The quantitative estimate of drug-likeness (QED) is 0.602. The molecule has 0 bridgehead atoms. The van der Waals surface area contributed by atoms with Crippen molar-refractivity contribution in [2.24, 2.45) is 0 Å². The molecule has 0 spiro atoms. The van der Waals surface area contributed by atoms with Crippen LogP contribution in [0.3, 0.4) is 0 Å². The first-order chi connectivity index (χ1) is 9.92. The number of nitrogens with one attached hydrogen (secondary N) is 1. The summed E-state index contributed by atoms with van der Waals surface area (Å²) in [6.45, 7) is 0. The Bertz CT molecular complexity index is 864. The zero-order valence-electron chi connectivity index (χ0n) is 10.4. The van der Waals surface area contributed by atoms with Crippen LogP contribution in [0.1, 0.15) is 0 Å². The highest BCUT2D eigenvalue weighted by molar-refractivity contribution is 5.86. The van der Waals surface area contributed by atoms with Crippen molar-refractivity contribution in [3.8, 4) is 22.5 Å². The first kappa shape index (κ1) is 10.9. The molecule has 0 unspecified atom stereocenters. The average Bonchev–Trinajstić information content (AvgIpc) is 3.16. The molecule has 20 heavy (non-hydrogen) atoms. The summed E-state index contributed by atoms with van der Waals surface area (Å²) < 4.78 is 5.12. The smallest absolute Gasteiger partial charge is 0.166 e. The van der Waals surface area contributed by atoms with E-state index in [-0.39, 0.29) is 0 Å². The van der Waals surface area contributed by atoms with Gasteiger partial charge in [0.25, 0.3) is 0 Å². The van der Waals surface area contributed by atoms with Gasteiger partial charge < -0.3 is 4.52 Å². The van der Waals surface area contributed by atoms with Gasteiger partial charge in [0.15, 0.2) is 5.58 Å². The lowest BCUT2D eigenvalue weighted by Crippen LogP contribution is -1.85. The van der Waals surface area contributed by atoms with Crippen LogP contribution in [0.4, 0.5) is 0 Å². The Morgan fingerprint density at radius 2 is 2.10 bits per heavy atom. The number of hydrogen-bond donors (Lipinski definition) is 1. The zero-order chi connectivity index (χ0) is 13.4. The van der Waals surface area contributed by atoms with Crippen LogP contribution < -0.4 is 0 Å². The molecule has 4 rings (SSSR count). The van der Waals surface area contributed by atoms with Crippen molar-refractivity contribution < 1.29 is 4.52 Å². The highest BCUT2D eigenvalue weighted by Crippen LogP contribution is 2.30. The monoisotopic (exact) mass is 262 g/mol. The molecule has 1 aromatic carbocycles. The van der Waals surface area contributed by atoms with Crippen LogP contribution in [0, 0.1) is 0 Å². The maximum atomic E-state index is 5.12. The number of benzene rings is 1. The summed E-state index contributed by atoms with van der Waals surface area (Å²) in [6.07, 6.45) is 5.34. The summed E-state index contributed by atoms with van der Waals surface area (Å²) >= 11 is 0. The molecule has 0 radical (unpaired) electrons. The van der Waals surface area contributed by atoms with Crippen LogP contribution >= 0.6 is 0 Å². The van der Waals surface area contributed by atoms with Gasteiger partial charge in [-0.1, -0.05) is 17.3 Å². The number of H-pyrrole nitrogens is 1. The second kappa shape index (κ2) is 4.31. The van der Waals surface area contributed by atoms with Crippen LogP contribution in [-0.2, 0) is 0 Å². The van der Waals surface area contributed by atoms with E-state index in [9.17, 15) is 0 Å². The largest absolute Gasteiger partial charge is 0.356 e. The van der Waals surface area contributed by atoms with Crippen molar-refractivity contribution in [2.75, 3.05) is 0 Å². The topological polar surface area (TPSA) is 67.6 Å². The summed E-state index contributed by atoms with van der Waals surface area (Å²) in [4.78, 5) is 4.35. The molecular formula is C15H10N4O. The Morgan fingerprint density at radius 1 is 1.10 bits per heavy atom. The van der Waals surface area contributed by atoms with E-state index in [2.05, 4.69) is 20.3 Å². The van der Waals surface area contributed by atoms with Crippen LogP contribution in [0.2, 0.25) is 0 Å². The van der Waals surface area contributed by atoms with Gasteiger partial charge in [-0.25, -0.2) is 0 Å². The molecule has 0 aliphatic rings. The molecule has 1 N–H and O–H groups in total. The van der Waals surface area contributed by atoms with Gasteiger partial charge in [-0.15, -0.1) is 0 Å². The number of fused-ring (bicyclic) bond motifs is 1. The van der Waals surface area contributed by atoms with E-state index in [4.69, 9.17) is 4.52 Å². The van der Waals surface area contributed by atoms with Crippen LogP contribution in [0.25, 0.3) is 33.5 Å². The minimum atomic E-state index is 0.775. The number of hydrogen-bond acceptors (Lipinski definition) is 4. The molecule has 3 aromatic heterocycles. The highest BCUT2D eigenvalue weighted by Gasteiger charge is 2.12. The molecule has 96 valence electrons. The van der Waals surface area contributed by atoms with E-state index < -0.39 is 0 Å². The third kappa shape index (κ3) is 1.68. The lowest BCUT2D eigenvalue weighted by molar-refractivity contribution is 0.456. The summed E-state index contributed by atoms with van der Waals surface area (Å²) in [7, 11) is 0. The third-order valence-electron chi connectivity index (χ3n) is 3.21. The Morgan fingerprint density at radius 3 is 3.00 bits per heavy atom. The van der Waals surface area contributed by atoms with Gasteiger partial charge >= 0.3 is 0 Å². The Labute approximate surface area is 114 Å². The van der Waals surface area contributed by atoms with E-state index in [1.54, 1.807) is 12.4 Å². The normalized spacial score (nSPS) is 11.0. The summed E-state index contributed by atoms with van der Waals surface area (Å²) in [5.41, 5.74) is 4.51. The van der Waals surface area contributed by atoms with Crippen molar-refractivity contribution >= 4 is 11.0 Å². The number of nitrogens with zero attached hydrogens (tertiary/aromatic N) is 3. The zero-order valence-corrected chi connectivity index (χ0v) is 10.4. The SMILES string of the molecule is c1ccc(-c2n[nH]cc2-c2ccc3oncc3c2)nc1. The lowest BCUT2D eigenvalue weighted by atomic mass is 10.0. The third-order valence-corrected chi connectivity index (χ3v) is 3.21. The molecule has 3 heterocycles. The Kier molecular flexibility index (Phi) is 2.35. The van der Waals surface area contributed by atoms with Gasteiger partial charge in [-0.2, -0.15) is 5.10 Å². The van der Waals surface area contributed by atoms with E-state index in [0.717, 1.165) is 33.5 Å². The van der Waals surface area contributed by atoms with E-state index in [1.807, 2.05) is 42.6 Å². The minimum Gasteiger partial charge on any atom is -0.356 e. The molecule has 4 aromatic rings. The molecule has 0 fully saturated rings. The maximum Gasteiger partial charge on any atom is 0.166 e. The van der Waals surface area contributed by atoms with Crippen molar-refractivity contribution in [3.05, 3.63) is 55.0 Å². The van der Waals surface area contributed by atoms with Crippen LogP contribution in [0.5, 0.6) is 0 Å². The first-order valence-electron chi connectivity index (χ1n) is 6.22. The molecular weight excluding hydrogens is 252 g/mol. The van der Waals surface area contributed by atoms with Gasteiger partial charge in [0.05, 0.1) is 11.9 Å². The van der Waals surface area contributed by atoms with Crippen LogP contribution in [0.15, 0.2) is 59.5 Å². The van der Waals surface area contributed by atoms with Crippen LogP contribution in [-0.4, -0.2) is 20.3 Å². The molecule has 5 nitrogen and oxygen atoms in total. The van der Waals surface area contributed by atoms with Crippen molar-refractivity contribution in [3.63, 3.8) is 0 Å². The van der Waals surface area contributed by atoms with E-state index >= 15 is 0 Å². The number of pyridine rings is 1.